The molecule has 1 aromatic heterocycles. The number of amides is 3. The number of rotatable bonds is 7. The third-order valence-corrected chi connectivity index (χ3v) is 7.42. The Kier molecular flexibility index (Phi) is 6.50. The summed E-state index contributed by atoms with van der Waals surface area (Å²) >= 11 is 0. The highest BCUT2D eigenvalue weighted by atomic mass is 32.2. The van der Waals surface area contributed by atoms with Crippen LogP contribution in [0.2, 0.25) is 0 Å². The highest BCUT2D eigenvalue weighted by Crippen LogP contribution is 2.29. The summed E-state index contributed by atoms with van der Waals surface area (Å²) in [5, 5.41) is 2.81. The van der Waals surface area contributed by atoms with Gasteiger partial charge in [0.25, 0.3) is 11.8 Å². The van der Waals surface area contributed by atoms with E-state index in [0.717, 1.165) is 27.8 Å². The van der Waals surface area contributed by atoms with Gasteiger partial charge in [0.2, 0.25) is 5.91 Å². The Morgan fingerprint density at radius 3 is 2.24 bits per heavy atom. The van der Waals surface area contributed by atoms with E-state index in [-0.39, 0.29) is 23.3 Å². The molecule has 2 heterocycles. The van der Waals surface area contributed by atoms with Crippen LogP contribution in [0.25, 0.3) is 22.3 Å². The number of carbonyl (C=O) groups is 3. The first-order valence-corrected chi connectivity index (χ1v) is 14.0. The second kappa shape index (κ2) is 9.79. The fourth-order valence-electron chi connectivity index (χ4n) is 4.42. The zero-order chi connectivity index (χ0) is 27.0. The number of aromatic nitrogens is 2. The molecule has 1 aliphatic rings. The van der Waals surface area contributed by atoms with Crippen LogP contribution >= 0.6 is 0 Å². The molecule has 4 aromatic rings. The van der Waals surface area contributed by atoms with Crippen molar-refractivity contribution < 1.29 is 22.8 Å². The molecule has 10 heteroatoms. The van der Waals surface area contributed by atoms with Crippen LogP contribution in [0.3, 0.4) is 0 Å². The molecule has 0 radical (unpaired) electrons. The average molecular weight is 529 g/mol. The van der Waals surface area contributed by atoms with E-state index < -0.39 is 33.6 Å². The number of hydrogen-bond acceptors (Lipinski definition) is 7. The maximum Gasteiger partial charge on any atom is 0.262 e. The van der Waals surface area contributed by atoms with Gasteiger partial charge in [0, 0.05) is 17.5 Å². The van der Waals surface area contributed by atoms with Crippen molar-refractivity contribution in [2.75, 3.05) is 17.3 Å². The molecule has 1 atom stereocenters. The molecule has 1 N–H and O–H groups in total. The van der Waals surface area contributed by atoms with Crippen molar-refractivity contribution in [3.8, 4) is 11.3 Å². The van der Waals surface area contributed by atoms with Crippen molar-refractivity contribution in [1.82, 2.24) is 14.9 Å². The van der Waals surface area contributed by atoms with Crippen molar-refractivity contribution in [3.05, 3.63) is 89.6 Å². The topological polar surface area (TPSA) is 126 Å². The molecule has 1 aliphatic heterocycles. The van der Waals surface area contributed by atoms with Crippen molar-refractivity contribution in [1.29, 1.82) is 0 Å². The van der Waals surface area contributed by atoms with E-state index in [9.17, 15) is 22.8 Å². The number of benzene rings is 3. The number of carbonyl (C=O) groups excluding carboxylic acids is 3. The summed E-state index contributed by atoms with van der Waals surface area (Å²) in [7, 11) is -3.47. The van der Waals surface area contributed by atoms with Crippen LogP contribution in [0.5, 0.6) is 0 Å². The van der Waals surface area contributed by atoms with Gasteiger partial charge in [0.15, 0.2) is 0 Å². The zero-order valence-electron chi connectivity index (χ0n) is 20.7. The number of sulfone groups is 1. The average Bonchev–Trinajstić information content (AvgIpc) is 3.14. The van der Waals surface area contributed by atoms with Crippen molar-refractivity contribution in [2.24, 2.45) is 0 Å². The summed E-state index contributed by atoms with van der Waals surface area (Å²) in [5.41, 5.74) is 4.34. The molecule has 0 fully saturated rings. The molecule has 0 bridgehead atoms. The number of nitrogens with zero attached hydrogens (tertiary/aromatic N) is 3. The molecule has 5 rings (SSSR count). The molecule has 38 heavy (non-hydrogen) atoms. The normalized spacial score (nSPS) is 14.0. The lowest BCUT2D eigenvalue weighted by atomic mass is 10.1. The molecule has 9 nitrogen and oxygen atoms in total. The lowest BCUT2D eigenvalue weighted by Gasteiger charge is -2.25. The monoisotopic (exact) mass is 528 g/mol. The van der Waals surface area contributed by atoms with E-state index in [2.05, 4.69) is 15.3 Å². The van der Waals surface area contributed by atoms with Crippen molar-refractivity contribution in [3.63, 3.8) is 0 Å². The Bertz CT molecular complexity index is 1680. The van der Waals surface area contributed by atoms with Crippen molar-refractivity contribution >= 4 is 44.3 Å². The van der Waals surface area contributed by atoms with Crippen LogP contribution in [0.15, 0.2) is 72.9 Å². The molecule has 192 valence electrons. The molecule has 0 spiro atoms. The smallest absolute Gasteiger partial charge is 0.262 e. The SMILES string of the molecule is Cc1ccc(-c2cnc3ccccc3n2)cc1NC(=O)[C@H](CCS(C)(=O)=O)N1C(=O)c2ccccc2C1=O. The Balaban J connectivity index is 1.47. The summed E-state index contributed by atoms with van der Waals surface area (Å²) in [4.78, 5) is 49.7. The first-order chi connectivity index (χ1) is 18.1. The maximum absolute atomic E-state index is 13.6. The van der Waals surface area contributed by atoms with Gasteiger partial charge in [-0.3, -0.25) is 24.3 Å². The zero-order valence-corrected chi connectivity index (χ0v) is 21.5. The van der Waals surface area contributed by atoms with Gasteiger partial charge in [-0.05, 0) is 49.2 Å². The third kappa shape index (κ3) is 4.90. The largest absolute Gasteiger partial charge is 0.324 e. The molecular weight excluding hydrogens is 504 g/mol. The van der Waals surface area contributed by atoms with Crippen LogP contribution in [0.1, 0.15) is 32.7 Å². The standard InChI is InChI=1S/C28H24N4O5S/c1-17-11-12-18(24-16-29-21-9-5-6-10-22(21)30-24)15-23(17)31-26(33)25(13-14-38(2,36)37)32-27(34)19-7-3-4-8-20(19)28(32)35/h3-12,15-16,25H,13-14H2,1-2H3,(H,31,33)/t25-/m0/s1. The van der Waals surface area contributed by atoms with Crippen LogP contribution in [0, 0.1) is 6.92 Å². The van der Waals surface area contributed by atoms with Gasteiger partial charge < -0.3 is 5.32 Å². The highest BCUT2D eigenvalue weighted by Gasteiger charge is 2.42. The fourth-order valence-corrected chi connectivity index (χ4v) is 5.07. The first-order valence-electron chi connectivity index (χ1n) is 11.9. The third-order valence-electron chi connectivity index (χ3n) is 6.44. The number of para-hydroxylation sites is 2. The van der Waals surface area contributed by atoms with Gasteiger partial charge in [0.05, 0.1) is 39.8 Å². The summed E-state index contributed by atoms with van der Waals surface area (Å²) in [6.07, 6.45) is 2.46. The number of imide groups is 1. The van der Waals surface area contributed by atoms with E-state index in [0.29, 0.717) is 16.9 Å². The lowest BCUT2D eigenvalue weighted by molar-refractivity contribution is -0.120. The molecular formula is C28H24N4O5S. The minimum atomic E-state index is -3.47. The van der Waals surface area contributed by atoms with Crippen LogP contribution < -0.4 is 5.32 Å². The van der Waals surface area contributed by atoms with Gasteiger partial charge in [-0.25, -0.2) is 13.4 Å². The molecule has 0 unspecified atom stereocenters. The predicted octanol–water partition coefficient (Wildman–Crippen LogP) is 3.64. The number of fused-ring (bicyclic) bond motifs is 2. The first kappa shape index (κ1) is 25.2. The molecule has 3 amide bonds. The van der Waals surface area contributed by atoms with Gasteiger partial charge >= 0.3 is 0 Å². The van der Waals surface area contributed by atoms with Crippen LogP contribution in [-0.2, 0) is 14.6 Å². The quantitative estimate of drug-likeness (QED) is 0.363. The summed E-state index contributed by atoms with van der Waals surface area (Å²) in [6.45, 7) is 1.80. The van der Waals surface area contributed by atoms with E-state index >= 15 is 0 Å². The fraction of sp³-hybridized carbons (Fsp3) is 0.179. The Morgan fingerprint density at radius 2 is 1.58 bits per heavy atom. The summed E-state index contributed by atoms with van der Waals surface area (Å²) in [6, 6.07) is 17.8. The lowest BCUT2D eigenvalue weighted by Crippen LogP contribution is -2.48. The number of anilines is 1. The molecule has 0 saturated heterocycles. The second-order valence-electron chi connectivity index (χ2n) is 9.22. The van der Waals surface area contributed by atoms with Gasteiger partial charge in [-0.2, -0.15) is 0 Å². The number of nitrogens with one attached hydrogen (secondary N) is 1. The molecule has 0 aliphatic carbocycles. The second-order valence-corrected chi connectivity index (χ2v) is 11.5. The summed E-state index contributed by atoms with van der Waals surface area (Å²) < 4.78 is 23.9. The predicted molar refractivity (Wildman–Crippen MR) is 143 cm³/mol. The number of aryl methyl sites for hydroxylation is 1. The van der Waals surface area contributed by atoms with E-state index in [4.69, 9.17) is 0 Å². The van der Waals surface area contributed by atoms with Gasteiger partial charge in [-0.1, -0.05) is 36.4 Å². The Morgan fingerprint density at radius 1 is 0.947 bits per heavy atom. The summed E-state index contributed by atoms with van der Waals surface area (Å²) in [5.74, 6) is -2.29. The Labute approximate surface area is 219 Å². The van der Waals surface area contributed by atoms with E-state index in [1.54, 1.807) is 31.3 Å². The van der Waals surface area contributed by atoms with E-state index in [1.807, 2.05) is 36.4 Å². The highest BCUT2D eigenvalue weighted by molar-refractivity contribution is 7.90. The van der Waals surface area contributed by atoms with Crippen LogP contribution in [-0.4, -0.2) is 59.1 Å². The van der Waals surface area contributed by atoms with E-state index in [1.165, 1.54) is 12.1 Å². The molecule has 0 saturated carbocycles. The van der Waals surface area contributed by atoms with Gasteiger partial charge in [-0.15, -0.1) is 0 Å². The Hall–Kier alpha value is -4.44. The van der Waals surface area contributed by atoms with Gasteiger partial charge in [0.1, 0.15) is 15.9 Å². The van der Waals surface area contributed by atoms with Crippen LogP contribution in [0.4, 0.5) is 5.69 Å². The molecule has 3 aromatic carbocycles. The van der Waals surface area contributed by atoms with Crippen molar-refractivity contribution in [2.45, 2.75) is 19.4 Å². The number of hydrogen-bond donors (Lipinski definition) is 1. The minimum Gasteiger partial charge on any atom is -0.324 e. The maximum atomic E-state index is 13.6. The minimum absolute atomic E-state index is 0.183.